The van der Waals surface area contributed by atoms with Crippen LogP contribution in [0.3, 0.4) is 0 Å². The Morgan fingerprint density at radius 3 is 2.43 bits per heavy atom. The van der Waals surface area contributed by atoms with Gasteiger partial charge >= 0.3 is 12.6 Å². The van der Waals surface area contributed by atoms with E-state index in [1.807, 2.05) is 0 Å². The highest BCUT2D eigenvalue weighted by Crippen LogP contribution is 2.24. The van der Waals surface area contributed by atoms with Crippen LogP contribution in [-0.4, -0.2) is 39.8 Å². The summed E-state index contributed by atoms with van der Waals surface area (Å²) < 4.78 is 39.6. The lowest BCUT2D eigenvalue weighted by Gasteiger charge is -2.15. The largest absolute Gasteiger partial charge is 0.496 e. The number of carbonyl (C=O) groups is 1. The zero-order chi connectivity index (χ0) is 22.1. The van der Waals surface area contributed by atoms with Crippen LogP contribution >= 0.6 is 11.6 Å². The minimum Gasteiger partial charge on any atom is -0.496 e. The van der Waals surface area contributed by atoms with Crippen molar-refractivity contribution in [2.24, 2.45) is 4.99 Å². The zero-order valence-electron chi connectivity index (χ0n) is 16.7. The van der Waals surface area contributed by atoms with Crippen molar-refractivity contribution in [3.63, 3.8) is 0 Å². The van der Waals surface area contributed by atoms with E-state index in [9.17, 15) is 13.6 Å². The van der Waals surface area contributed by atoms with Gasteiger partial charge in [-0.2, -0.15) is 8.78 Å². The molecule has 0 radical (unpaired) electrons. The van der Waals surface area contributed by atoms with E-state index < -0.39 is 12.6 Å². The third-order valence-corrected chi connectivity index (χ3v) is 4.27. The number of halogens is 3. The number of benzene rings is 2. The summed E-state index contributed by atoms with van der Waals surface area (Å²) in [6, 6.07) is 9.49. The van der Waals surface area contributed by atoms with Gasteiger partial charge in [-0.3, -0.25) is 4.99 Å². The summed E-state index contributed by atoms with van der Waals surface area (Å²) in [6.07, 6.45) is 0. The Hall–Kier alpha value is -3.07. The average Bonchev–Trinajstić information content (AvgIpc) is 2.74. The van der Waals surface area contributed by atoms with Gasteiger partial charge < -0.3 is 24.8 Å². The summed E-state index contributed by atoms with van der Waals surface area (Å²) >= 11 is 5.96. The maximum Gasteiger partial charge on any atom is 0.387 e. The molecule has 2 rings (SSSR count). The van der Waals surface area contributed by atoms with Crippen LogP contribution in [0.1, 0.15) is 21.5 Å². The molecule has 0 bridgehead atoms. The summed E-state index contributed by atoms with van der Waals surface area (Å²) in [5.41, 5.74) is 1.53. The van der Waals surface area contributed by atoms with E-state index in [1.165, 1.54) is 32.4 Å². The Bertz CT molecular complexity index is 910. The second-order valence-corrected chi connectivity index (χ2v) is 6.37. The van der Waals surface area contributed by atoms with Gasteiger partial charge in [-0.1, -0.05) is 17.7 Å². The number of hydrogen-bond donors (Lipinski definition) is 2. The summed E-state index contributed by atoms with van der Waals surface area (Å²) in [5, 5.41) is 6.48. The number of carbonyl (C=O) groups excluding carboxylic acids is 1. The SMILES string of the molecule is CN=C(NCc1ccc(OC)c(C(=O)OC)c1)NCc1cc(Cl)ccc1OC(F)F. The van der Waals surface area contributed by atoms with Gasteiger partial charge in [-0.25, -0.2) is 4.79 Å². The molecule has 162 valence electrons. The fourth-order valence-electron chi connectivity index (χ4n) is 2.62. The van der Waals surface area contributed by atoms with Gasteiger partial charge in [0.25, 0.3) is 0 Å². The summed E-state index contributed by atoms with van der Waals surface area (Å²) in [6.45, 7) is -2.46. The molecule has 0 unspecified atom stereocenters. The maximum atomic E-state index is 12.6. The number of hydrogen-bond acceptors (Lipinski definition) is 5. The van der Waals surface area contributed by atoms with Crippen molar-refractivity contribution in [3.8, 4) is 11.5 Å². The average molecular weight is 442 g/mol. The number of aliphatic imine (C=N–C) groups is 1. The fraction of sp³-hybridized carbons (Fsp3) is 0.300. The summed E-state index contributed by atoms with van der Waals surface area (Å²) in [7, 11) is 4.32. The van der Waals surface area contributed by atoms with E-state index >= 15 is 0 Å². The van der Waals surface area contributed by atoms with Gasteiger partial charge in [0.2, 0.25) is 0 Å². The standard InChI is InChI=1S/C20H22ClF2N3O4/c1-24-20(26-11-13-9-14(21)5-7-16(13)30-19(22)23)25-10-12-4-6-17(28-2)15(8-12)18(27)29-3/h4-9,19H,10-11H2,1-3H3,(H2,24,25,26). The number of alkyl halides is 2. The first kappa shape index (κ1) is 23.2. The third kappa shape index (κ3) is 6.48. The molecule has 30 heavy (non-hydrogen) atoms. The maximum absolute atomic E-state index is 12.6. The molecule has 10 heteroatoms. The smallest absolute Gasteiger partial charge is 0.387 e. The number of rotatable bonds is 8. The Morgan fingerprint density at radius 2 is 1.80 bits per heavy atom. The lowest BCUT2D eigenvalue weighted by Crippen LogP contribution is -2.36. The molecule has 2 aromatic carbocycles. The van der Waals surface area contributed by atoms with Crippen LogP contribution in [0.15, 0.2) is 41.4 Å². The van der Waals surface area contributed by atoms with E-state index in [1.54, 1.807) is 25.2 Å². The highest BCUT2D eigenvalue weighted by Gasteiger charge is 2.14. The lowest BCUT2D eigenvalue weighted by molar-refractivity contribution is -0.0504. The Balaban J connectivity index is 2.04. The van der Waals surface area contributed by atoms with Crippen LogP contribution in [-0.2, 0) is 17.8 Å². The van der Waals surface area contributed by atoms with Crippen LogP contribution in [0.2, 0.25) is 5.02 Å². The Kier molecular flexibility index (Phi) is 8.67. The van der Waals surface area contributed by atoms with Gasteiger partial charge in [-0.15, -0.1) is 0 Å². The molecule has 0 aliphatic carbocycles. The van der Waals surface area contributed by atoms with Crippen molar-refractivity contribution < 1.29 is 27.8 Å². The first-order valence-electron chi connectivity index (χ1n) is 8.81. The highest BCUT2D eigenvalue weighted by atomic mass is 35.5. The van der Waals surface area contributed by atoms with Crippen LogP contribution in [0.4, 0.5) is 8.78 Å². The Morgan fingerprint density at radius 1 is 1.10 bits per heavy atom. The van der Waals surface area contributed by atoms with E-state index in [4.69, 9.17) is 21.1 Å². The van der Waals surface area contributed by atoms with Crippen molar-refractivity contribution in [2.45, 2.75) is 19.7 Å². The number of guanidine groups is 1. The third-order valence-electron chi connectivity index (χ3n) is 4.04. The molecule has 0 aliphatic heterocycles. The molecule has 7 nitrogen and oxygen atoms in total. The van der Waals surface area contributed by atoms with Crippen molar-refractivity contribution in [2.75, 3.05) is 21.3 Å². The predicted octanol–water partition coefficient (Wildman–Crippen LogP) is 3.60. The molecule has 0 atom stereocenters. The lowest BCUT2D eigenvalue weighted by atomic mass is 10.1. The predicted molar refractivity (Wildman–Crippen MR) is 109 cm³/mol. The molecule has 0 spiro atoms. The zero-order valence-corrected chi connectivity index (χ0v) is 17.4. The van der Waals surface area contributed by atoms with Crippen LogP contribution in [0.5, 0.6) is 11.5 Å². The number of nitrogens with zero attached hydrogens (tertiary/aromatic N) is 1. The van der Waals surface area contributed by atoms with Crippen molar-refractivity contribution in [1.29, 1.82) is 0 Å². The van der Waals surface area contributed by atoms with E-state index in [-0.39, 0.29) is 12.3 Å². The molecular formula is C20H22ClF2N3O4. The summed E-state index contributed by atoms with van der Waals surface area (Å²) in [5.74, 6) is 0.327. The molecule has 0 saturated carbocycles. The molecular weight excluding hydrogens is 420 g/mol. The summed E-state index contributed by atoms with van der Waals surface area (Å²) in [4.78, 5) is 16.0. The quantitative estimate of drug-likeness (QED) is 0.370. The van der Waals surface area contributed by atoms with Gasteiger partial charge in [0, 0.05) is 30.7 Å². The minimum atomic E-state index is -2.94. The second kappa shape index (κ2) is 11.2. The molecule has 0 amide bonds. The van der Waals surface area contributed by atoms with Crippen molar-refractivity contribution >= 4 is 23.5 Å². The number of ether oxygens (including phenoxy) is 3. The fourth-order valence-corrected chi connectivity index (χ4v) is 2.81. The second-order valence-electron chi connectivity index (χ2n) is 5.94. The van der Waals surface area contributed by atoms with Crippen LogP contribution in [0.25, 0.3) is 0 Å². The van der Waals surface area contributed by atoms with Gasteiger partial charge in [-0.05, 0) is 35.9 Å². The van der Waals surface area contributed by atoms with Crippen molar-refractivity contribution in [3.05, 3.63) is 58.1 Å². The molecule has 0 aromatic heterocycles. The molecule has 0 aliphatic rings. The molecule has 2 aromatic rings. The van der Waals surface area contributed by atoms with Crippen molar-refractivity contribution in [1.82, 2.24) is 10.6 Å². The molecule has 0 fully saturated rings. The first-order valence-corrected chi connectivity index (χ1v) is 9.18. The Labute approximate surface area is 178 Å². The number of nitrogens with one attached hydrogen (secondary N) is 2. The molecule has 0 saturated heterocycles. The number of methoxy groups -OCH3 is 2. The van der Waals surface area contributed by atoms with Crippen LogP contribution in [0, 0.1) is 0 Å². The molecule has 2 N–H and O–H groups in total. The van der Waals surface area contributed by atoms with Crippen LogP contribution < -0.4 is 20.1 Å². The van der Waals surface area contributed by atoms with Gasteiger partial charge in [0.15, 0.2) is 5.96 Å². The van der Waals surface area contributed by atoms with E-state index in [2.05, 4.69) is 20.4 Å². The van der Waals surface area contributed by atoms with Gasteiger partial charge in [0.1, 0.15) is 17.1 Å². The van der Waals surface area contributed by atoms with E-state index in [0.29, 0.717) is 34.4 Å². The normalized spacial score (nSPS) is 11.2. The van der Waals surface area contributed by atoms with Gasteiger partial charge in [0.05, 0.1) is 14.2 Å². The highest BCUT2D eigenvalue weighted by molar-refractivity contribution is 6.30. The topological polar surface area (TPSA) is 81.2 Å². The molecule has 0 heterocycles. The first-order chi connectivity index (χ1) is 14.4. The monoisotopic (exact) mass is 441 g/mol. The van der Waals surface area contributed by atoms with E-state index in [0.717, 1.165) is 5.56 Å². The minimum absolute atomic E-state index is 0.0234. The number of esters is 1.